The summed E-state index contributed by atoms with van der Waals surface area (Å²) in [5, 5.41) is 2.85. The van der Waals surface area contributed by atoms with Crippen LogP contribution in [-0.4, -0.2) is 30.6 Å². The molecule has 1 aliphatic carbocycles. The van der Waals surface area contributed by atoms with E-state index < -0.39 is 5.54 Å². The Bertz CT molecular complexity index is 315. The van der Waals surface area contributed by atoms with Crippen molar-refractivity contribution in [2.75, 3.05) is 7.11 Å². The maximum atomic E-state index is 12.2. The molecule has 1 aliphatic rings. The Morgan fingerprint density at radius 3 is 2.72 bits per heavy atom. The molecule has 1 fully saturated rings. The van der Waals surface area contributed by atoms with Gasteiger partial charge in [-0.25, -0.2) is 0 Å². The summed E-state index contributed by atoms with van der Waals surface area (Å²) in [6.07, 6.45) is 4.00. The fourth-order valence-electron chi connectivity index (χ4n) is 2.52. The summed E-state index contributed by atoms with van der Waals surface area (Å²) >= 11 is 0. The molecular weight excluding hydrogens is 232 g/mol. The van der Waals surface area contributed by atoms with Crippen LogP contribution in [0.4, 0.5) is 0 Å². The van der Waals surface area contributed by atoms with Crippen molar-refractivity contribution in [3.63, 3.8) is 0 Å². The Morgan fingerprint density at radius 2 is 2.17 bits per heavy atom. The predicted molar refractivity (Wildman–Crippen MR) is 68.8 cm³/mol. The number of hydrogen-bond donors (Lipinski definition) is 2. The minimum Gasteiger partial charge on any atom is -0.469 e. The molecule has 1 amide bonds. The van der Waals surface area contributed by atoms with Gasteiger partial charge < -0.3 is 15.8 Å². The molecule has 0 heterocycles. The topological polar surface area (TPSA) is 81.4 Å². The van der Waals surface area contributed by atoms with Gasteiger partial charge in [0.15, 0.2) is 0 Å². The van der Waals surface area contributed by atoms with Crippen molar-refractivity contribution in [3.05, 3.63) is 0 Å². The Hall–Kier alpha value is -1.10. The highest BCUT2D eigenvalue weighted by Gasteiger charge is 2.38. The van der Waals surface area contributed by atoms with Gasteiger partial charge in [-0.05, 0) is 26.7 Å². The van der Waals surface area contributed by atoms with Crippen LogP contribution in [0.25, 0.3) is 0 Å². The third kappa shape index (κ3) is 3.98. The lowest BCUT2D eigenvalue weighted by Gasteiger charge is -2.37. The molecule has 5 nitrogen and oxygen atoms in total. The summed E-state index contributed by atoms with van der Waals surface area (Å²) in [6, 6.07) is -0.220. The Kier molecular flexibility index (Phi) is 5.14. The van der Waals surface area contributed by atoms with Crippen molar-refractivity contribution < 1.29 is 14.3 Å². The first kappa shape index (κ1) is 15.0. The molecule has 3 unspecified atom stereocenters. The van der Waals surface area contributed by atoms with Crippen LogP contribution in [0, 0.1) is 5.92 Å². The summed E-state index contributed by atoms with van der Waals surface area (Å²) in [6.45, 7) is 3.73. The zero-order valence-corrected chi connectivity index (χ0v) is 11.5. The highest BCUT2D eigenvalue weighted by Crippen LogP contribution is 2.31. The third-order valence-corrected chi connectivity index (χ3v) is 3.66. The first-order valence-electron chi connectivity index (χ1n) is 6.53. The van der Waals surface area contributed by atoms with Crippen LogP contribution in [0.1, 0.15) is 46.0 Å². The number of esters is 1. The molecule has 0 aromatic carbocycles. The molecule has 0 saturated heterocycles. The van der Waals surface area contributed by atoms with E-state index in [-0.39, 0.29) is 30.3 Å². The maximum Gasteiger partial charge on any atom is 0.307 e. The number of methoxy groups -OCH3 is 1. The molecule has 0 spiro atoms. The molecule has 0 radical (unpaired) electrons. The minimum atomic E-state index is -0.437. The molecule has 0 bridgehead atoms. The summed E-state index contributed by atoms with van der Waals surface area (Å²) in [5.41, 5.74) is 5.74. The second-order valence-corrected chi connectivity index (χ2v) is 5.49. The molecular formula is C13H24N2O3. The van der Waals surface area contributed by atoms with Crippen molar-refractivity contribution >= 4 is 11.9 Å². The highest BCUT2D eigenvalue weighted by atomic mass is 16.5. The van der Waals surface area contributed by atoms with Gasteiger partial charge >= 0.3 is 5.97 Å². The normalized spacial score (nSPS) is 29.4. The van der Waals surface area contributed by atoms with Crippen LogP contribution in [-0.2, 0) is 14.3 Å². The van der Waals surface area contributed by atoms with Crippen LogP contribution in [0.2, 0.25) is 0 Å². The van der Waals surface area contributed by atoms with Gasteiger partial charge in [0.2, 0.25) is 5.91 Å². The smallest absolute Gasteiger partial charge is 0.307 e. The highest BCUT2D eigenvalue weighted by molar-refractivity contribution is 5.81. The number of carbonyl (C=O) groups is 2. The number of nitrogens with one attached hydrogen (secondary N) is 1. The lowest BCUT2D eigenvalue weighted by molar-refractivity contribution is -0.141. The van der Waals surface area contributed by atoms with Gasteiger partial charge in [0, 0.05) is 11.6 Å². The monoisotopic (exact) mass is 256 g/mol. The molecule has 0 aliphatic heterocycles. The summed E-state index contributed by atoms with van der Waals surface area (Å²) in [4.78, 5) is 23.3. The number of amides is 1. The van der Waals surface area contributed by atoms with E-state index in [0.29, 0.717) is 0 Å². The molecule has 104 valence electrons. The SMILES string of the molecule is COC(=O)CC(C)NC(=O)C1CCCCC1(C)N. The third-order valence-electron chi connectivity index (χ3n) is 3.66. The zero-order valence-electron chi connectivity index (χ0n) is 11.5. The number of ether oxygens (including phenoxy) is 1. The molecule has 5 heteroatoms. The van der Waals surface area contributed by atoms with E-state index >= 15 is 0 Å². The Morgan fingerprint density at radius 1 is 1.50 bits per heavy atom. The van der Waals surface area contributed by atoms with Gasteiger partial charge in [0.25, 0.3) is 0 Å². The van der Waals surface area contributed by atoms with E-state index in [9.17, 15) is 9.59 Å². The second kappa shape index (κ2) is 6.18. The molecule has 18 heavy (non-hydrogen) atoms. The van der Waals surface area contributed by atoms with Gasteiger partial charge in [-0.1, -0.05) is 12.8 Å². The second-order valence-electron chi connectivity index (χ2n) is 5.49. The minimum absolute atomic E-state index is 0.0453. The average molecular weight is 256 g/mol. The molecule has 0 aromatic rings. The van der Waals surface area contributed by atoms with Crippen LogP contribution >= 0.6 is 0 Å². The standard InChI is InChI=1S/C13H24N2O3/c1-9(8-11(16)18-3)15-12(17)10-6-4-5-7-13(10,2)14/h9-10H,4-8,14H2,1-3H3,(H,15,17). The lowest BCUT2D eigenvalue weighted by Crippen LogP contribution is -2.54. The Balaban J connectivity index is 2.51. The van der Waals surface area contributed by atoms with Crippen molar-refractivity contribution in [2.24, 2.45) is 11.7 Å². The van der Waals surface area contributed by atoms with E-state index in [1.165, 1.54) is 7.11 Å². The van der Waals surface area contributed by atoms with Crippen LogP contribution in [0.5, 0.6) is 0 Å². The quantitative estimate of drug-likeness (QED) is 0.734. The first-order chi connectivity index (χ1) is 8.36. The zero-order chi connectivity index (χ0) is 13.8. The summed E-state index contributed by atoms with van der Waals surface area (Å²) in [7, 11) is 1.34. The van der Waals surface area contributed by atoms with Crippen molar-refractivity contribution in [1.82, 2.24) is 5.32 Å². The van der Waals surface area contributed by atoms with E-state index in [1.54, 1.807) is 6.92 Å². The van der Waals surface area contributed by atoms with Crippen LogP contribution in [0.3, 0.4) is 0 Å². The predicted octanol–water partition coefficient (Wildman–Crippen LogP) is 0.962. The fraction of sp³-hybridized carbons (Fsp3) is 0.846. The molecule has 0 aromatic heterocycles. The Labute approximate surface area is 108 Å². The summed E-state index contributed by atoms with van der Waals surface area (Å²) < 4.78 is 4.57. The van der Waals surface area contributed by atoms with E-state index in [0.717, 1.165) is 25.7 Å². The molecule has 3 N–H and O–H groups in total. The average Bonchev–Trinajstić information content (AvgIpc) is 2.27. The van der Waals surface area contributed by atoms with Gasteiger partial charge in [0.1, 0.15) is 0 Å². The fourth-order valence-corrected chi connectivity index (χ4v) is 2.52. The van der Waals surface area contributed by atoms with E-state index in [2.05, 4.69) is 10.1 Å². The van der Waals surface area contributed by atoms with Gasteiger partial charge in [0.05, 0.1) is 19.4 Å². The largest absolute Gasteiger partial charge is 0.469 e. The summed E-state index contributed by atoms with van der Waals surface area (Å²) in [5.74, 6) is -0.524. The van der Waals surface area contributed by atoms with E-state index in [1.807, 2.05) is 6.92 Å². The lowest BCUT2D eigenvalue weighted by atomic mass is 9.74. The van der Waals surface area contributed by atoms with Crippen LogP contribution < -0.4 is 11.1 Å². The number of carbonyl (C=O) groups excluding carboxylic acids is 2. The molecule has 1 rings (SSSR count). The first-order valence-corrected chi connectivity index (χ1v) is 6.53. The van der Waals surface area contributed by atoms with E-state index in [4.69, 9.17) is 5.73 Å². The molecule has 1 saturated carbocycles. The number of hydrogen-bond acceptors (Lipinski definition) is 4. The number of rotatable bonds is 4. The van der Waals surface area contributed by atoms with Crippen molar-refractivity contribution in [3.8, 4) is 0 Å². The van der Waals surface area contributed by atoms with Gasteiger partial charge in [-0.15, -0.1) is 0 Å². The van der Waals surface area contributed by atoms with Gasteiger partial charge in [-0.2, -0.15) is 0 Å². The maximum absolute atomic E-state index is 12.2. The molecule has 3 atom stereocenters. The van der Waals surface area contributed by atoms with Crippen molar-refractivity contribution in [2.45, 2.75) is 57.5 Å². The van der Waals surface area contributed by atoms with Gasteiger partial charge in [-0.3, -0.25) is 9.59 Å². The number of nitrogens with two attached hydrogens (primary N) is 1. The van der Waals surface area contributed by atoms with Crippen molar-refractivity contribution in [1.29, 1.82) is 0 Å². The van der Waals surface area contributed by atoms with Crippen LogP contribution in [0.15, 0.2) is 0 Å².